The lowest BCUT2D eigenvalue weighted by Gasteiger charge is -2.27. The van der Waals surface area contributed by atoms with E-state index in [1.807, 2.05) is 139 Å². The zero-order valence-corrected chi connectivity index (χ0v) is 38.7. The van der Waals surface area contributed by atoms with E-state index in [-0.39, 0.29) is 22.6 Å². The van der Waals surface area contributed by atoms with Crippen LogP contribution in [0, 0.1) is 44.7 Å². The number of phenolic OH excluding ortho intramolecular Hbond substituents is 2. The predicted molar refractivity (Wildman–Crippen MR) is 274 cm³/mol. The molecule has 8 rings (SSSR count). The molecule has 0 amide bonds. The highest BCUT2D eigenvalue weighted by Gasteiger charge is 2.22. The summed E-state index contributed by atoms with van der Waals surface area (Å²) in [7, 11) is 0. The largest absolute Gasteiger partial charge is 0.507 e. The molecule has 0 radical (unpaired) electrons. The summed E-state index contributed by atoms with van der Waals surface area (Å²) >= 11 is 0. The first-order valence-electron chi connectivity index (χ1n) is 22.4. The van der Waals surface area contributed by atoms with Gasteiger partial charge >= 0.3 is 0 Å². The number of anilines is 6. The Balaban J connectivity index is 0.950. The van der Waals surface area contributed by atoms with Gasteiger partial charge in [0.1, 0.15) is 23.1 Å². The van der Waals surface area contributed by atoms with E-state index in [0.29, 0.717) is 24.2 Å². The Bertz CT molecular complexity index is 2750. The standard InChI is InChI=1S/C59H54F2N4O2/c1-39-27-49(64(45-19-11-7-12-20-45)46-21-13-8-14-22-46)28-40(2)57(39)51-33-55(66)43(31-53(51)60)35-62-37-59(5,6)38-63-36-44-32-54(61)52(34-56(44)67)58-41(3)29-50(30-42(58)4)65(47-23-15-9-16-24-47)48-25-17-10-18-26-48/h7-36,66-67H,37-38H2,1-6H3. The molecule has 336 valence electrons. The smallest absolute Gasteiger partial charge is 0.131 e. The zero-order valence-electron chi connectivity index (χ0n) is 38.7. The predicted octanol–water partition coefficient (Wildman–Crippen LogP) is 15.4. The molecule has 0 bridgehead atoms. The molecule has 8 aromatic rings. The van der Waals surface area contributed by atoms with Gasteiger partial charge in [-0.25, -0.2) is 8.78 Å². The summed E-state index contributed by atoms with van der Waals surface area (Å²) in [4.78, 5) is 13.5. The minimum Gasteiger partial charge on any atom is -0.507 e. The summed E-state index contributed by atoms with van der Waals surface area (Å²) in [5.74, 6) is -1.11. The third-order valence-electron chi connectivity index (χ3n) is 11.9. The number of aryl methyl sites for hydroxylation is 4. The molecule has 0 atom stereocenters. The van der Waals surface area contributed by atoms with E-state index in [4.69, 9.17) is 0 Å². The number of benzene rings is 8. The molecule has 0 aromatic heterocycles. The van der Waals surface area contributed by atoms with Gasteiger partial charge in [0.2, 0.25) is 0 Å². The van der Waals surface area contributed by atoms with Crippen molar-refractivity contribution in [3.8, 4) is 33.8 Å². The maximum Gasteiger partial charge on any atom is 0.131 e. The normalized spacial score (nSPS) is 11.7. The molecule has 8 heteroatoms. The molecule has 0 unspecified atom stereocenters. The summed E-state index contributed by atoms with van der Waals surface area (Å²) in [6, 6.07) is 54.1. The van der Waals surface area contributed by atoms with Crippen molar-refractivity contribution in [3.05, 3.63) is 215 Å². The Morgan fingerprint density at radius 1 is 0.433 bits per heavy atom. The fourth-order valence-electron chi connectivity index (χ4n) is 8.77. The lowest BCUT2D eigenvalue weighted by Crippen LogP contribution is -2.19. The molecule has 0 aliphatic heterocycles. The summed E-state index contributed by atoms with van der Waals surface area (Å²) in [5.41, 5.74) is 11.5. The van der Waals surface area contributed by atoms with Crippen LogP contribution in [0.5, 0.6) is 11.5 Å². The van der Waals surface area contributed by atoms with Crippen LogP contribution in [0.15, 0.2) is 180 Å². The molecule has 0 spiro atoms. The van der Waals surface area contributed by atoms with E-state index in [1.54, 1.807) is 0 Å². The molecule has 0 saturated heterocycles. The first-order valence-corrected chi connectivity index (χ1v) is 22.4. The summed E-state index contributed by atoms with van der Waals surface area (Å²) < 4.78 is 32.0. The SMILES string of the molecule is Cc1cc(N(c2ccccc2)c2ccccc2)cc(C)c1-c1cc(O)c(C=NCC(C)(C)CN=Cc2cc(F)c(-c3c(C)cc(N(c4ccccc4)c4ccccc4)cc3C)cc2O)cc1F. The van der Waals surface area contributed by atoms with Crippen molar-refractivity contribution >= 4 is 46.6 Å². The lowest BCUT2D eigenvalue weighted by molar-refractivity contribution is 0.396. The average Bonchev–Trinajstić information content (AvgIpc) is 3.30. The van der Waals surface area contributed by atoms with Gasteiger partial charge in [0.05, 0.1) is 0 Å². The fourth-order valence-corrected chi connectivity index (χ4v) is 8.77. The van der Waals surface area contributed by atoms with Crippen LogP contribution in [-0.2, 0) is 0 Å². The Morgan fingerprint density at radius 3 is 1.00 bits per heavy atom. The van der Waals surface area contributed by atoms with Crippen LogP contribution < -0.4 is 9.80 Å². The topological polar surface area (TPSA) is 71.7 Å². The molecule has 0 fully saturated rings. The van der Waals surface area contributed by atoms with Crippen molar-refractivity contribution in [2.24, 2.45) is 15.4 Å². The Morgan fingerprint density at radius 2 is 0.716 bits per heavy atom. The molecule has 0 saturated carbocycles. The van der Waals surface area contributed by atoms with Gasteiger partial charge in [0, 0.05) is 87.3 Å². The molecular weight excluding hydrogens is 835 g/mol. The molecule has 0 aliphatic carbocycles. The number of aromatic hydroxyl groups is 2. The quantitative estimate of drug-likeness (QED) is 0.107. The molecule has 6 nitrogen and oxygen atoms in total. The lowest BCUT2D eigenvalue weighted by atomic mass is 9.92. The number of hydrogen-bond donors (Lipinski definition) is 2. The second kappa shape index (κ2) is 19.7. The van der Waals surface area contributed by atoms with Gasteiger partial charge in [0.15, 0.2) is 0 Å². The van der Waals surface area contributed by atoms with Crippen LogP contribution in [0.2, 0.25) is 0 Å². The van der Waals surface area contributed by atoms with Crippen molar-refractivity contribution in [2.45, 2.75) is 41.5 Å². The third kappa shape index (κ3) is 10.2. The van der Waals surface area contributed by atoms with E-state index >= 15 is 8.78 Å². The Hall–Kier alpha value is -7.84. The van der Waals surface area contributed by atoms with Gasteiger partial charge in [-0.2, -0.15) is 0 Å². The highest BCUT2D eigenvalue weighted by molar-refractivity contribution is 5.89. The molecule has 67 heavy (non-hydrogen) atoms. The maximum atomic E-state index is 16.0. The average molecular weight is 889 g/mol. The third-order valence-corrected chi connectivity index (χ3v) is 11.9. The van der Waals surface area contributed by atoms with Crippen molar-refractivity contribution in [2.75, 3.05) is 22.9 Å². The Kier molecular flexibility index (Phi) is 13.5. The molecule has 0 heterocycles. The number of rotatable bonds is 14. The molecule has 8 aromatic carbocycles. The van der Waals surface area contributed by atoms with E-state index in [9.17, 15) is 10.2 Å². The van der Waals surface area contributed by atoms with Gasteiger partial charge in [-0.15, -0.1) is 0 Å². The van der Waals surface area contributed by atoms with Crippen LogP contribution in [0.1, 0.15) is 47.2 Å². The molecular formula is C59H54F2N4O2. The second-order valence-corrected chi connectivity index (χ2v) is 17.8. The second-order valence-electron chi connectivity index (χ2n) is 17.8. The summed E-state index contributed by atoms with van der Waals surface area (Å²) in [6.07, 6.45) is 2.96. The number of para-hydroxylation sites is 4. The van der Waals surface area contributed by atoms with Crippen LogP contribution in [0.3, 0.4) is 0 Å². The van der Waals surface area contributed by atoms with Gasteiger partial charge in [-0.1, -0.05) is 86.6 Å². The van der Waals surface area contributed by atoms with E-state index < -0.39 is 17.0 Å². The molecule has 2 N–H and O–H groups in total. The highest BCUT2D eigenvalue weighted by atomic mass is 19.1. The van der Waals surface area contributed by atoms with Gasteiger partial charge < -0.3 is 20.0 Å². The van der Waals surface area contributed by atoms with Gasteiger partial charge in [-0.3, -0.25) is 9.98 Å². The Labute approximate surface area is 392 Å². The number of halogens is 2. The van der Waals surface area contributed by atoms with E-state index in [0.717, 1.165) is 67.5 Å². The van der Waals surface area contributed by atoms with E-state index in [1.165, 1.54) is 36.7 Å². The minimum atomic E-state index is -0.469. The number of hydrogen-bond acceptors (Lipinski definition) is 6. The van der Waals surface area contributed by atoms with Crippen molar-refractivity contribution in [1.82, 2.24) is 0 Å². The zero-order chi connectivity index (χ0) is 47.2. The summed E-state index contributed by atoms with van der Waals surface area (Å²) in [5, 5.41) is 22.3. The monoisotopic (exact) mass is 888 g/mol. The van der Waals surface area contributed by atoms with Gasteiger partial charge in [0.25, 0.3) is 0 Å². The number of phenols is 2. The highest BCUT2D eigenvalue weighted by Crippen LogP contribution is 2.42. The maximum absolute atomic E-state index is 16.0. The first-order chi connectivity index (χ1) is 32.3. The first kappa shape index (κ1) is 45.7. The number of aliphatic imine (C=N–C) groups is 2. The van der Waals surface area contributed by atoms with Crippen molar-refractivity contribution < 1.29 is 19.0 Å². The summed E-state index contributed by atoms with van der Waals surface area (Å²) in [6.45, 7) is 12.4. The minimum absolute atomic E-state index is 0.0855. The van der Waals surface area contributed by atoms with Crippen molar-refractivity contribution in [1.29, 1.82) is 0 Å². The van der Waals surface area contributed by atoms with E-state index in [2.05, 4.69) is 68.3 Å². The van der Waals surface area contributed by atoms with Crippen LogP contribution >= 0.6 is 0 Å². The van der Waals surface area contributed by atoms with Crippen LogP contribution in [0.25, 0.3) is 22.3 Å². The van der Waals surface area contributed by atoms with Gasteiger partial charge in [-0.05, 0) is 158 Å². The fraction of sp³-hybridized carbons (Fsp3) is 0.153. The van der Waals surface area contributed by atoms with Crippen LogP contribution in [0.4, 0.5) is 42.9 Å². The van der Waals surface area contributed by atoms with Crippen molar-refractivity contribution in [3.63, 3.8) is 0 Å². The number of nitrogens with zero attached hydrogens (tertiary/aromatic N) is 4. The molecule has 0 aliphatic rings. The van der Waals surface area contributed by atoms with Crippen LogP contribution in [-0.4, -0.2) is 35.7 Å².